The number of H-pyrrole nitrogens is 1. The van der Waals surface area contributed by atoms with E-state index in [4.69, 9.17) is 0 Å². The molecule has 1 aliphatic rings. The summed E-state index contributed by atoms with van der Waals surface area (Å²) in [6.45, 7) is 4.54. The highest BCUT2D eigenvalue weighted by atomic mass is 16.4. The van der Waals surface area contributed by atoms with Crippen LogP contribution in [0.15, 0.2) is 12.4 Å². The fourth-order valence-corrected chi connectivity index (χ4v) is 3.47. The zero-order chi connectivity index (χ0) is 17.1. The minimum absolute atomic E-state index is 0.130. The summed E-state index contributed by atoms with van der Waals surface area (Å²) in [7, 11) is 1.95. The Labute approximate surface area is 138 Å². The Morgan fingerprint density at radius 1 is 1.42 bits per heavy atom. The van der Waals surface area contributed by atoms with Crippen molar-refractivity contribution in [3.8, 4) is 11.4 Å². The molecule has 0 fully saturated rings. The lowest BCUT2D eigenvalue weighted by atomic mass is 9.76. The second kappa shape index (κ2) is 4.90. The topological polar surface area (TPSA) is 96.7 Å². The number of fused-ring (bicyclic) bond motifs is 2. The van der Waals surface area contributed by atoms with Crippen LogP contribution in [0, 0.1) is 5.41 Å². The third-order valence-corrected chi connectivity index (χ3v) is 4.83. The van der Waals surface area contributed by atoms with E-state index in [0.717, 1.165) is 25.0 Å². The average Bonchev–Trinajstić information content (AvgIpc) is 3.07. The highest BCUT2D eigenvalue weighted by Gasteiger charge is 2.31. The number of nitrogens with one attached hydrogen (secondary N) is 1. The van der Waals surface area contributed by atoms with E-state index in [2.05, 4.69) is 33.9 Å². The number of hydrogen-bond acceptors (Lipinski definition) is 4. The number of rotatable bonds is 2. The summed E-state index contributed by atoms with van der Waals surface area (Å²) < 4.78 is 1.92. The van der Waals surface area contributed by atoms with Gasteiger partial charge in [-0.05, 0) is 24.7 Å². The van der Waals surface area contributed by atoms with Gasteiger partial charge in [-0.15, -0.1) is 0 Å². The summed E-state index contributed by atoms with van der Waals surface area (Å²) in [5, 5.41) is 13.9. The largest absolute Gasteiger partial charge is 0.478 e. The summed E-state index contributed by atoms with van der Waals surface area (Å²) in [5.41, 5.74) is 5.12. The lowest BCUT2D eigenvalue weighted by Gasteiger charge is -2.29. The van der Waals surface area contributed by atoms with Gasteiger partial charge in [0.05, 0.1) is 6.20 Å². The van der Waals surface area contributed by atoms with Crippen LogP contribution in [-0.4, -0.2) is 35.8 Å². The maximum absolute atomic E-state index is 11.3. The molecule has 0 amide bonds. The van der Waals surface area contributed by atoms with E-state index < -0.39 is 5.97 Å². The van der Waals surface area contributed by atoms with Gasteiger partial charge in [-0.25, -0.2) is 14.8 Å². The molecule has 0 spiro atoms. The van der Waals surface area contributed by atoms with E-state index in [1.54, 1.807) is 6.20 Å². The number of aromatic nitrogens is 5. The number of hydrogen-bond donors (Lipinski definition) is 2. The van der Waals surface area contributed by atoms with Gasteiger partial charge in [-0.2, -0.15) is 5.10 Å². The van der Waals surface area contributed by atoms with Gasteiger partial charge in [0.2, 0.25) is 0 Å². The molecule has 0 saturated heterocycles. The number of nitrogens with zero attached hydrogens (tertiary/aromatic N) is 4. The van der Waals surface area contributed by atoms with Crippen LogP contribution in [0.3, 0.4) is 0 Å². The molecule has 24 heavy (non-hydrogen) atoms. The van der Waals surface area contributed by atoms with Crippen molar-refractivity contribution in [2.24, 2.45) is 12.5 Å². The van der Waals surface area contributed by atoms with E-state index in [9.17, 15) is 9.90 Å². The van der Waals surface area contributed by atoms with Crippen molar-refractivity contribution in [3.05, 3.63) is 29.2 Å². The molecule has 0 aliphatic heterocycles. The molecule has 3 heterocycles. The van der Waals surface area contributed by atoms with Crippen molar-refractivity contribution in [1.82, 2.24) is 24.7 Å². The Kier molecular flexibility index (Phi) is 3.03. The number of carbonyl (C=O) groups is 1. The van der Waals surface area contributed by atoms with E-state index in [0.29, 0.717) is 16.9 Å². The van der Waals surface area contributed by atoms with Crippen LogP contribution >= 0.6 is 0 Å². The Morgan fingerprint density at radius 2 is 2.21 bits per heavy atom. The van der Waals surface area contributed by atoms with E-state index in [1.807, 2.05) is 11.7 Å². The van der Waals surface area contributed by atoms with Crippen molar-refractivity contribution >= 4 is 17.1 Å². The maximum Gasteiger partial charge on any atom is 0.339 e. The third kappa shape index (κ3) is 2.19. The second-order valence-corrected chi connectivity index (χ2v) is 7.20. The molecule has 0 atom stereocenters. The first-order valence-corrected chi connectivity index (χ1v) is 7.98. The number of carboxylic acid groups (broad SMARTS) is 1. The van der Waals surface area contributed by atoms with Gasteiger partial charge in [0, 0.05) is 24.5 Å². The smallest absolute Gasteiger partial charge is 0.339 e. The van der Waals surface area contributed by atoms with Gasteiger partial charge in [0.1, 0.15) is 22.5 Å². The van der Waals surface area contributed by atoms with Gasteiger partial charge in [-0.3, -0.25) is 4.68 Å². The second-order valence-electron chi connectivity index (χ2n) is 7.20. The Hall–Kier alpha value is -2.70. The summed E-state index contributed by atoms with van der Waals surface area (Å²) in [6, 6.07) is 0. The molecule has 2 N–H and O–H groups in total. The summed E-state index contributed by atoms with van der Waals surface area (Å²) in [5.74, 6) is -1.02. The zero-order valence-electron chi connectivity index (χ0n) is 13.9. The first-order valence-electron chi connectivity index (χ1n) is 7.98. The van der Waals surface area contributed by atoms with Crippen LogP contribution in [0.2, 0.25) is 0 Å². The zero-order valence-corrected chi connectivity index (χ0v) is 13.9. The molecule has 0 unspecified atom stereocenters. The number of aryl methyl sites for hydroxylation is 1. The molecule has 3 aromatic rings. The average molecular weight is 325 g/mol. The molecule has 0 bridgehead atoms. The molecule has 1 aliphatic carbocycles. The first kappa shape index (κ1) is 14.9. The van der Waals surface area contributed by atoms with Crippen LogP contribution in [0.25, 0.3) is 22.6 Å². The SMILES string of the molecule is Cn1nc(-c2cnc3[nH]cc(C(=O)O)c3n2)c2c1CC(C)(C)CC2. The van der Waals surface area contributed by atoms with Gasteiger partial charge >= 0.3 is 5.97 Å². The molecule has 7 heteroatoms. The minimum Gasteiger partial charge on any atom is -0.478 e. The van der Waals surface area contributed by atoms with Crippen LogP contribution in [0.4, 0.5) is 0 Å². The van der Waals surface area contributed by atoms with Crippen LogP contribution in [-0.2, 0) is 19.9 Å². The van der Waals surface area contributed by atoms with Crippen molar-refractivity contribution in [1.29, 1.82) is 0 Å². The highest BCUT2D eigenvalue weighted by Crippen LogP contribution is 2.38. The summed E-state index contributed by atoms with van der Waals surface area (Å²) >= 11 is 0. The first-order chi connectivity index (χ1) is 11.4. The Morgan fingerprint density at radius 3 is 2.96 bits per heavy atom. The van der Waals surface area contributed by atoms with Gasteiger partial charge < -0.3 is 10.1 Å². The summed E-state index contributed by atoms with van der Waals surface area (Å²) in [6.07, 6.45) is 6.11. The van der Waals surface area contributed by atoms with Crippen molar-refractivity contribution in [2.45, 2.75) is 33.1 Å². The van der Waals surface area contributed by atoms with E-state index >= 15 is 0 Å². The lowest BCUT2D eigenvalue weighted by molar-refractivity contribution is 0.0699. The molecule has 3 aromatic heterocycles. The molecule has 0 radical (unpaired) electrons. The molecule has 4 rings (SSSR count). The number of aromatic amines is 1. The highest BCUT2D eigenvalue weighted by molar-refractivity contribution is 6.00. The molecular weight excluding hydrogens is 306 g/mol. The minimum atomic E-state index is -1.02. The van der Waals surface area contributed by atoms with Crippen molar-refractivity contribution in [3.63, 3.8) is 0 Å². The number of carboxylic acids is 1. The lowest BCUT2D eigenvalue weighted by Crippen LogP contribution is -2.23. The molecule has 0 saturated carbocycles. The Bertz CT molecular complexity index is 967. The molecular formula is C17H19N5O2. The van der Waals surface area contributed by atoms with Gasteiger partial charge in [0.25, 0.3) is 0 Å². The van der Waals surface area contributed by atoms with Crippen molar-refractivity contribution in [2.75, 3.05) is 0 Å². The Balaban J connectivity index is 1.87. The van der Waals surface area contributed by atoms with Crippen LogP contribution < -0.4 is 0 Å². The fraction of sp³-hybridized carbons (Fsp3) is 0.412. The fourth-order valence-electron chi connectivity index (χ4n) is 3.47. The molecule has 0 aromatic carbocycles. The van der Waals surface area contributed by atoms with Crippen molar-refractivity contribution < 1.29 is 9.90 Å². The monoisotopic (exact) mass is 325 g/mol. The van der Waals surface area contributed by atoms with Crippen LogP contribution in [0.1, 0.15) is 41.9 Å². The normalized spacial score (nSPS) is 16.3. The third-order valence-electron chi connectivity index (χ3n) is 4.83. The summed E-state index contributed by atoms with van der Waals surface area (Å²) in [4.78, 5) is 23.0. The predicted molar refractivity (Wildman–Crippen MR) is 88.9 cm³/mol. The molecule has 7 nitrogen and oxygen atoms in total. The molecule has 124 valence electrons. The van der Waals surface area contributed by atoms with E-state index in [-0.39, 0.29) is 11.0 Å². The van der Waals surface area contributed by atoms with Gasteiger partial charge in [-0.1, -0.05) is 13.8 Å². The van der Waals surface area contributed by atoms with Gasteiger partial charge in [0.15, 0.2) is 5.65 Å². The van der Waals surface area contributed by atoms with E-state index in [1.165, 1.54) is 17.5 Å². The van der Waals surface area contributed by atoms with Crippen LogP contribution in [0.5, 0.6) is 0 Å². The maximum atomic E-state index is 11.3. The quantitative estimate of drug-likeness (QED) is 0.755. The predicted octanol–water partition coefficient (Wildman–Crippen LogP) is 2.57. The number of aromatic carboxylic acids is 1. The standard InChI is InChI=1S/C17H19N5O2/c1-17(2)5-4-9-12(6-17)22(3)21-13(9)11-8-19-15-14(20-11)10(7-18-15)16(23)24/h7-8H,4-6H2,1-3H3,(H,18,19)(H,23,24).